The first-order chi connectivity index (χ1) is 16.9. The number of hydrogen-bond donors (Lipinski definition) is 2. The zero-order valence-corrected chi connectivity index (χ0v) is 19.6. The van der Waals surface area contributed by atoms with Gasteiger partial charge in [0.25, 0.3) is 0 Å². The Morgan fingerprint density at radius 3 is 2.54 bits per heavy atom. The zero-order chi connectivity index (χ0) is 24.9. The number of nitrogens with zero attached hydrogens (tertiary/aromatic N) is 1. The smallest absolute Gasteiger partial charge is 0.327 e. The van der Waals surface area contributed by atoms with Crippen LogP contribution in [0.4, 0.5) is 5.69 Å². The Kier molecular flexibility index (Phi) is 7.33. The predicted octanol–water partition coefficient (Wildman–Crippen LogP) is 3.74. The average molecular weight is 496 g/mol. The van der Waals surface area contributed by atoms with E-state index in [9.17, 15) is 23.5 Å². The first-order valence-electron chi connectivity index (χ1n) is 10.8. The van der Waals surface area contributed by atoms with Crippen molar-refractivity contribution < 1.29 is 32.6 Å². The molecule has 0 radical (unpaired) electrons. The molecule has 10 heteroatoms. The summed E-state index contributed by atoms with van der Waals surface area (Å²) in [5.41, 5.74) is 2.12. The summed E-state index contributed by atoms with van der Waals surface area (Å²) in [5, 5.41) is 14.0. The lowest BCUT2D eigenvalue weighted by Crippen LogP contribution is -2.43. The van der Waals surface area contributed by atoms with Crippen LogP contribution in [0.25, 0.3) is 21.9 Å². The van der Waals surface area contributed by atoms with E-state index in [1.807, 2.05) is 30.3 Å². The third-order valence-electron chi connectivity index (χ3n) is 5.66. The lowest BCUT2D eigenvalue weighted by molar-refractivity contribution is -0.138. The van der Waals surface area contributed by atoms with Crippen LogP contribution in [-0.2, 0) is 27.4 Å². The van der Waals surface area contributed by atoms with Crippen LogP contribution in [-0.4, -0.2) is 38.9 Å². The molecule has 0 bridgehead atoms. The van der Waals surface area contributed by atoms with Gasteiger partial charge in [-0.05, 0) is 36.8 Å². The zero-order valence-electron chi connectivity index (χ0n) is 18.8. The highest BCUT2D eigenvalue weighted by atomic mass is 32.2. The SMILES string of the molecule is COc1ccccc1CNC(=O)CCC(C(=O)O)N(c1ccc2oc3ccccc3c2c1)S(=O)[O-]. The summed E-state index contributed by atoms with van der Waals surface area (Å²) < 4.78 is 36.1. The van der Waals surface area contributed by atoms with E-state index in [1.54, 1.807) is 30.3 Å². The molecule has 4 rings (SSSR count). The summed E-state index contributed by atoms with van der Waals surface area (Å²) in [7, 11) is 1.53. The number of para-hydroxylation sites is 2. The number of fused-ring (bicyclic) bond motifs is 3. The van der Waals surface area contributed by atoms with Crippen LogP contribution in [0.15, 0.2) is 71.1 Å². The Hall–Kier alpha value is -3.89. The van der Waals surface area contributed by atoms with E-state index in [0.717, 1.165) is 15.3 Å². The van der Waals surface area contributed by atoms with E-state index in [2.05, 4.69) is 5.32 Å². The van der Waals surface area contributed by atoms with Gasteiger partial charge in [0.15, 0.2) is 0 Å². The fourth-order valence-electron chi connectivity index (χ4n) is 3.96. The number of ether oxygens (including phenoxy) is 1. The topological polar surface area (TPSA) is 132 Å². The fraction of sp³-hybridized carbons (Fsp3) is 0.200. The van der Waals surface area contributed by atoms with Crippen molar-refractivity contribution in [1.29, 1.82) is 0 Å². The minimum atomic E-state index is -2.90. The summed E-state index contributed by atoms with van der Waals surface area (Å²) in [5.74, 6) is -1.15. The van der Waals surface area contributed by atoms with Crippen LogP contribution >= 0.6 is 0 Å². The molecule has 0 saturated carbocycles. The number of rotatable bonds is 10. The maximum atomic E-state index is 12.4. The quantitative estimate of drug-likeness (QED) is 0.320. The number of carboxylic acid groups (broad SMARTS) is 1. The van der Waals surface area contributed by atoms with Gasteiger partial charge in [-0.25, -0.2) is 4.79 Å². The molecule has 35 heavy (non-hydrogen) atoms. The molecule has 3 aromatic carbocycles. The Labute approximate surface area is 203 Å². The van der Waals surface area contributed by atoms with Gasteiger partial charge in [0.2, 0.25) is 5.91 Å². The number of carbonyl (C=O) groups excluding carboxylic acids is 1. The van der Waals surface area contributed by atoms with Crippen LogP contribution in [0.2, 0.25) is 0 Å². The standard InChI is InChI=1S/C25H24N2O7S/c1-33-21-8-4-2-6-16(21)15-26-24(28)13-11-20(25(29)30)27(35(31)32)17-10-12-23-19(14-17)18-7-3-5-9-22(18)34-23/h2-10,12,14,20H,11,13,15H2,1H3,(H,26,28)(H,29,30)(H,31,32)/p-1. The molecule has 0 aliphatic heterocycles. The second kappa shape index (κ2) is 10.6. The van der Waals surface area contributed by atoms with Crippen molar-refractivity contribution in [3.05, 3.63) is 72.3 Å². The maximum Gasteiger partial charge on any atom is 0.327 e. The van der Waals surface area contributed by atoms with Crippen molar-refractivity contribution in [1.82, 2.24) is 5.32 Å². The van der Waals surface area contributed by atoms with Gasteiger partial charge in [-0.15, -0.1) is 0 Å². The minimum Gasteiger partial charge on any atom is -0.755 e. The van der Waals surface area contributed by atoms with Crippen molar-refractivity contribution in [2.45, 2.75) is 25.4 Å². The fourth-order valence-corrected chi connectivity index (χ4v) is 4.65. The molecule has 1 heterocycles. The minimum absolute atomic E-state index is 0.166. The number of anilines is 1. The number of benzene rings is 3. The monoisotopic (exact) mass is 495 g/mol. The summed E-state index contributed by atoms with van der Waals surface area (Å²) in [6.45, 7) is 0.196. The molecule has 4 aromatic rings. The predicted molar refractivity (Wildman–Crippen MR) is 131 cm³/mol. The normalized spacial score (nSPS) is 12.9. The third-order valence-corrected chi connectivity index (χ3v) is 6.44. The number of aliphatic carboxylic acids is 1. The number of nitrogens with one attached hydrogen (secondary N) is 1. The lowest BCUT2D eigenvalue weighted by Gasteiger charge is -2.32. The van der Waals surface area contributed by atoms with Crippen LogP contribution in [0, 0.1) is 0 Å². The van der Waals surface area contributed by atoms with E-state index < -0.39 is 29.2 Å². The Bertz CT molecular complexity index is 1400. The van der Waals surface area contributed by atoms with Crippen LogP contribution in [0.5, 0.6) is 5.75 Å². The largest absolute Gasteiger partial charge is 0.755 e. The summed E-state index contributed by atoms with van der Waals surface area (Å²) in [6, 6.07) is 17.7. The molecular formula is C25H23N2O7S-. The highest BCUT2D eigenvalue weighted by molar-refractivity contribution is 7.80. The van der Waals surface area contributed by atoms with Gasteiger partial charge < -0.3 is 24.1 Å². The second-order valence-electron chi connectivity index (χ2n) is 7.80. The van der Waals surface area contributed by atoms with Gasteiger partial charge in [0.1, 0.15) is 23.0 Å². The molecule has 0 aliphatic rings. The Morgan fingerprint density at radius 1 is 1.09 bits per heavy atom. The number of amides is 1. The maximum absolute atomic E-state index is 12.4. The first kappa shape index (κ1) is 24.2. The second-order valence-corrected chi connectivity index (χ2v) is 8.63. The van der Waals surface area contributed by atoms with Crippen LogP contribution in [0.3, 0.4) is 0 Å². The summed E-state index contributed by atoms with van der Waals surface area (Å²) >= 11 is -2.90. The van der Waals surface area contributed by atoms with Crippen molar-refractivity contribution in [2.24, 2.45) is 0 Å². The van der Waals surface area contributed by atoms with Gasteiger partial charge in [0, 0.05) is 40.6 Å². The number of furan rings is 1. The van der Waals surface area contributed by atoms with Crippen molar-refractivity contribution >= 4 is 50.8 Å². The van der Waals surface area contributed by atoms with E-state index in [0.29, 0.717) is 22.3 Å². The average Bonchev–Trinajstić information content (AvgIpc) is 3.22. The molecular weight excluding hydrogens is 472 g/mol. The highest BCUT2D eigenvalue weighted by Crippen LogP contribution is 2.33. The lowest BCUT2D eigenvalue weighted by atomic mass is 10.1. The number of carboxylic acids is 1. The van der Waals surface area contributed by atoms with Crippen LogP contribution in [0.1, 0.15) is 18.4 Å². The van der Waals surface area contributed by atoms with Crippen molar-refractivity contribution in [2.75, 3.05) is 11.4 Å². The van der Waals surface area contributed by atoms with Gasteiger partial charge in [0.05, 0.1) is 12.8 Å². The van der Waals surface area contributed by atoms with Gasteiger partial charge in [-0.1, -0.05) is 36.4 Å². The molecule has 9 nitrogen and oxygen atoms in total. The molecule has 2 atom stereocenters. The van der Waals surface area contributed by atoms with E-state index in [-0.39, 0.29) is 25.1 Å². The molecule has 1 amide bonds. The van der Waals surface area contributed by atoms with E-state index in [4.69, 9.17) is 9.15 Å². The van der Waals surface area contributed by atoms with Gasteiger partial charge >= 0.3 is 5.97 Å². The van der Waals surface area contributed by atoms with E-state index in [1.165, 1.54) is 13.2 Å². The van der Waals surface area contributed by atoms with Crippen molar-refractivity contribution in [3.63, 3.8) is 0 Å². The number of carbonyl (C=O) groups is 2. The van der Waals surface area contributed by atoms with E-state index >= 15 is 0 Å². The molecule has 0 spiro atoms. The molecule has 1 aromatic heterocycles. The number of methoxy groups -OCH3 is 1. The molecule has 0 aliphatic carbocycles. The third kappa shape index (κ3) is 5.28. The summed E-state index contributed by atoms with van der Waals surface area (Å²) in [6.07, 6.45) is -0.401. The van der Waals surface area contributed by atoms with Gasteiger partial charge in [-0.3, -0.25) is 13.3 Å². The Balaban J connectivity index is 1.52. The highest BCUT2D eigenvalue weighted by Gasteiger charge is 2.28. The molecule has 0 fully saturated rings. The Morgan fingerprint density at radius 2 is 1.80 bits per heavy atom. The van der Waals surface area contributed by atoms with Crippen LogP contribution < -0.4 is 14.4 Å². The summed E-state index contributed by atoms with van der Waals surface area (Å²) in [4.78, 5) is 24.5. The van der Waals surface area contributed by atoms with Gasteiger partial charge in [-0.2, -0.15) is 0 Å². The van der Waals surface area contributed by atoms with Crippen molar-refractivity contribution in [3.8, 4) is 5.75 Å². The molecule has 2 N–H and O–H groups in total. The molecule has 2 unspecified atom stereocenters. The molecule has 0 saturated heterocycles. The first-order valence-corrected chi connectivity index (χ1v) is 11.8. The molecule has 182 valence electrons. The number of hydrogen-bond acceptors (Lipinski definition) is 6.